The smallest absolute Gasteiger partial charge is 0.414 e. The van der Waals surface area contributed by atoms with Crippen LogP contribution in [0.25, 0.3) is 0 Å². The first kappa shape index (κ1) is 27.0. The van der Waals surface area contributed by atoms with Gasteiger partial charge in [-0.2, -0.15) is 0 Å². The number of nitrogens with zero attached hydrogens (tertiary/aromatic N) is 2. The maximum atomic E-state index is 13.6. The molecule has 39 heavy (non-hydrogen) atoms. The molecule has 1 saturated carbocycles. The Morgan fingerprint density at radius 3 is 2.51 bits per heavy atom. The molecule has 1 saturated heterocycles. The number of ether oxygens (including phenoxy) is 3. The highest BCUT2D eigenvalue weighted by molar-refractivity contribution is 5.97. The summed E-state index contributed by atoms with van der Waals surface area (Å²) < 4.78 is 16.9. The molecular weight excluding hydrogens is 496 g/mol. The Labute approximate surface area is 230 Å². The molecule has 1 aliphatic carbocycles. The van der Waals surface area contributed by atoms with E-state index in [1.165, 1.54) is 25.0 Å². The van der Waals surface area contributed by atoms with E-state index in [0.717, 1.165) is 56.5 Å². The van der Waals surface area contributed by atoms with E-state index in [1.54, 1.807) is 36.4 Å². The molecular formula is C30H38N4O5. The Morgan fingerprint density at radius 1 is 0.974 bits per heavy atom. The van der Waals surface area contributed by atoms with Gasteiger partial charge < -0.3 is 19.5 Å². The summed E-state index contributed by atoms with van der Waals surface area (Å²) in [7, 11) is 3.04. The van der Waals surface area contributed by atoms with Crippen molar-refractivity contribution in [2.75, 3.05) is 32.2 Å². The van der Waals surface area contributed by atoms with E-state index in [-0.39, 0.29) is 24.1 Å². The van der Waals surface area contributed by atoms with E-state index in [9.17, 15) is 9.59 Å². The van der Waals surface area contributed by atoms with Crippen molar-refractivity contribution in [1.29, 1.82) is 0 Å². The number of carbonyl (C=O) groups excluding carboxylic acids is 2. The summed E-state index contributed by atoms with van der Waals surface area (Å²) in [6, 6.07) is 13.0. The van der Waals surface area contributed by atoms with Gasteiger partial charge in [-0.25, -0.2) is 15.2 Å². The van der Waals surface area contributed by atoms with Gasteiger partial charge >= 0.3 is 6.09 Å². The van der Waals surface area contributed by atoms with Crippen molar-refractivity contribution in [3.8, 4) is 11.5 Å². The van der Waals surface area contributed by atoms with Crippen LogP contribution in [0.3, 0.4) is 0 Å². The highest BCUT2D eigenvalue weighted by atomic mass is 16.5. The third-order valence-corrected chi connectivity index (χ3v) is 7.74. The fourth-order valence-corrected chi connectivity index (χ4v) is 5.65. The average molecular weight is 535 g/mol. The number of hydrogen-bond acceptors (Lipinski definition) is 7. The molecule has 2 fully saturated rings. The minimum absolute atomic E-state index is 0.0113. The van der Waals surface area contributed by atoms with Crippen LogP contribution in [-0.4, -0.2) is 56.5 Å². The molecule has 2 amide bonds. The molecule has 3 aliphatic rings. The molecule has 2 aliphatic heterocycles. The molecule has 2 heterocycles. The summed E-state index contributed by atoms with van der Waals surface area (Å²) in [6.45, 7) is 1.67. The zero-order valence-corrected chi connectivity index (χ0v) is 22.7. The van der Waals surface area contributed by atoms with Crippen LogP contribution in [-0.2, 0) is 4.74 Å². The number of benzene rings is 2. The van der Waals surface area contributed by atoms with Crippen LogP contribution >= 0.6 is 0 Å². The van der Waals surface area contributed by atoms with Gasteiger partial charge in [-0.1, -0.05) is 18.2 Å². The fourth-order valence-electron chi connectivity index (χ4n) is 5.65. The van der Waals surface area contributed by atoms with Gasteiger partial charge in [0.15, 0.2) is 11.5 Å². The summed E-state index contributed by atoms with van der Waals surface area (Å²) in [5.41, 5.74) is 5.51. The predicted octanol–water partition coefficient (Wildman–Crippen LogP) is 4.95. The fraction of sp³-hybridized carbons (Fsp3) is 0.467. The molecule has 2 N–H and O–H groups in total. The molecule has 9 heteroatoms. The van der Waals surface area contributed by atoms with Crippen LogP contribution in [0.2, 0.25) is 0 Å². The van der Waals surface area contributed by atoms with Crippen molar-refractivity contribution in [1.82, 2.24) is 15.8 Å². The lowest BCUT2D eigenvalue weighted by Crippen LogP contribution is -2.46. The van der Waals surface area contributed by atoms with Gasteiger partial charge in [0.1, 0.15) is 0 Å². The Hall–Kier alpha value is -3.56. The lowest BCUT2D eigenvalue weighted by Gasteiger charge is -2.34. The number of piperidine rings is 1. The van der Waals surface area contributed by atoms with E-state index >= 15 is 0 Å². The molecule has 208 valence electrons. The standard InChI is InChI=1S/C30H38N4O5/c1-37-27-13-12-21(20-28(27)39-25-9-3-4-10-25)26-11-6-18-33(32-26)29(35)22-7-5-8-24(19-22)34(30(36)38-2)23-14-16-31-17-15-23/h5-8,12-13,18-20,23,25-26,31-32H,3-4,9-11,14-17H2,1-2H3. The first-order valence-electron chi connectivity index (χ1n) is 13.9. The van der Waals surface area contributed by atoms with E-state index in [4.69, 9.17) is 14.2 Å². The zero-order chi connectivity index (χ0) is 27.2. The van der Waals surface area contributed by atoms with E-state index in [1.807, 2.05) is 30.3 Å². The Bertz CT molecular complexity index is 1190. The monoisotopic (exact) mass is 534 g/mol. The van der Waals surface area contributed by atoms with E-state index in [0.29, 0.717) is 17.0 Å². The Balaban J connectivity index is 1.33. The second-order valence-corrected chi connectivity index (χ2v) is 10.3. The highest BCUT2D eigenvalue weighted by Gasteiger charge is 2.29. The van der Waals surface area contributed by atoms with Crippen molar-refractivity contribution in [3.63, 3.8) is 0 Å². The minimum atomic E-state index is -0.419. The predicted molar refractivity (Wildman–Crippen MR) is 149 cm³/mol. The largest absolute Gasteiger partial charge is 0.493 e. The van der Waals surface area contributed by atoms with Crippen LogP contribution in [0.4, 0.5) is 10.5 Å². The zero-order valence-electron chi connectivity index (χ0n) is 22.7. The minimum Gasteiger partial charge on any atom is -0.493 e. The molecule has 2 aromatic carbocycles. The molecule has 9 nitrogen and oxygen atoms in total. The summed E-state index contributed by atoms with van der Waals surface area (Å²) in [6.07, 6.45) is 10.4. The summed E-state index contributed by atoms with van der Waals surface area (Å²) in [5, 5.41) is 4.84. The number of hydrazine groups is 1. The van der Waals surface area contributed by atoms with Crippen molar-refractivity contribution in [2.45, 2.75) is 63.1 Å². The topological polar surface area (TPSA) is 92.4 Å². The lowest BCUT2D eigenvalue weighted by molar-refractivity contribution is 0.0713. The van der Waals surface area contributed by atoms with Crippen LogP contribution in [0.15, 0.2) is 54.7 Å². The normalized spacial score (nSPS) is 20.1. The molecule has 0 radical (unpaired) electrons. The number of anilines is 1. The summed E-state index contributed by atoms with van der Waals surface area (Å²) in [4.78, 5) is 28.0. The number of rotatable bonds is 7. The lowest BCUT2D eigenvalue weighted by atomic mass is 10.0. The molecule has 2 aromatic rings. The third-order valence-electron chi connectivity index (χ3n) is 7.74. The maximum Gasteiger partial charge on any atom is 0.414 e. The van der Waals surface area contributed by atoms with Crippen LogP contribution in [0, 0.1) is 0 Å². The summed E-state index contributed by atoms with van der Waals surface area (Å²) >= 11 is 0. The van der Waals surface area contributed by atoms with Crippen molar-refractivity contribution in [2.24, 2.45) is 0 Å². The molecule has 0 aromatic heterocycles. The van der Waals surface area contributed by atoms with Crippen LogP contribution in [0.1, 0.15) is 66.9 Å². The molecule has 0 spiro atoms. The van der Waals surface area contributed by atoms with Crippen molar-refractivity contribution in [3.05, 3.63) is 65.9 Å². The molecule has 0 bridgehead atoms. The third kappa shape index (κ3) is 6.20. The van der Waals surface area contributed by atoms with Gasteiger partial charge in [-0.05, 0) is 93.9 Å². The first-order chi connectivity index (χ1) is 19.1. The van der Waals surface area contributed by atoms with Gasteiger partial charge in [0.05, 0.1) is 26.4 Å². The SMILES string of the molecule is COC(=O)N(c1cccc(C(=O)N2C=CCC(c3ccc(OC)c(OC4CCCC4)c3)N2)c1)C1CCNCC1. The summed E-state index contributed by atoms with van der Waals surface area (Å²) in [5.74, 6) is 1.25. The Morgan fingerprint density at radius 2 is 1.77 bits per heavy atom. The number of amides is 2. The highest BCUT2D eigenvalue weighted by Crippen LogP contribution is 2.35. The number of hydrogen-bond donors (Lipinski definition) is 2. The Kier molecular flexibility index (Phi) is 8.68. The van der Waals surface area contributed by atoms with E-state index in [2.05, 4.69) is 10.7 Å². The van der Waals surface area contributed by atoms with Gasteiger partial charge in [0.2, 0.25) is 0 Å². The molecule has 5 rings (SSSR count). The quantitative estimate of drug-likeness (QED) is 0.520. The molecule has 1 atom stereocenters. The van der Waals surface area contributed by atoms with Gasteiger partial charge in [-0.15, -0.1) is 0 Å². The van der Waals surface area contributed by atoms with Crippen molar-refractivity contribution >= 4 is 17.7 Å². The van der Waals surface area contributed by atoms with E-state index < -0.39 is 6.09 Å². The number of methoxy groups -OCH3 is 2. The van der Waals surface area contributed by atoms with Crippen molar-refractivity contribution < 1.29 is 23.8 Å². The first-order valence-corrected chi connectivity index (χ1v) is 13.9. The maximum absolute atomic E-state index is 13.6. The van der Waals surface area contributed by atoms with Crippen LogP contribution in [0.5, 0.6) is 11.5 Å². The van der Waals surface area contributed by atoms with Gasteiger partial charge in [0.25, 0.3) is 5.91 Å². The van der Waals surface area contributed by atoms with Crippen LogP contribution < -0.4 is 25.1 Å². The number of carbonyl (C=O) groups is 2. The molecule has 1 unspecified atom stereocenters. The number of nitrogens with one attached hydrogen (secondary N) is 2. The average Bonchev–Trinajstić information content (AvgIpc) is 3.50. The second kappa shape index (κ2) is 12.5. The van der Waals surface area contributed by atoms with Gasteiger partial charge in [0, 0.05) is 23.5 Å². The second-order valence-electron chi connectivity index (χ2n) is 10.3. The van der Waals surface area contributed by atoms with Gasteiger partial charge in [-0.3, -0.25) is 9.69 Å².